The fourth-order valence-corrected chi connectivity index (χ4v) is 5.49. The number of amides is 1. The molecule has 154 valence electrons. The number of rotatable bonds is 6. The summed E-state index contributed by atoms with van der Waals surface area (Å²) in [7, 11) is -0.976. The molecule has 2 aliphatic rings. The molecular formula is C20H21BrN2O5S. The van der Waals surface area contributed by atoms with Crippen molar-refractivity contribution in [3.8, 4) is 11.5 Å². The minimum Gasteiger partial charge on any atom is -0.497 e. The zero-order chi connectivity index (χ0) is 20.8. The molecule has 9 heteroatoms. The van der Waals surface area contributed by atoms with Crippen LogP contribution in [0.15, 0.2) is 39.7 Å². The van der Waals surface area contributed by atoms with Crippen LogP contribution >= 0.6 is 15.9 Å². The highest BCUT2D eigenvalue weighted by Crippen LogP contribution is 2.42. The van der Waals surface area contributed by atoms with Crippen LogP contribution in [0.25, 0.3) is 0 Å². The fourth-order valence-electron chi connectivity index (χ4n) is 3.52. The largest absolute Gasteiger partial charge is 0.497 e. The molecule has 1 amide bonds. The maximum Gasteiger partial charge on any atom is 0.264 e. The normalized spacial score (nSPS) is 15.8. The van der Waals surface area contributed by atoms with E-state index in [9.17, 15) is 13.2 Å². The Hall–Kier alpha value is -2.26. The number of hydrogen-bond donors (Lipinski definition) is 1. The Morgan fingerprint density at radius 1 is 1.10 bits per heavy atom. The Labute approximate surface area is 178 Å². The third-order valence-electron chi connectivity index (χ3n) is 5.08. The first kappa shape index (κ1) is 20.0. The van der Waals surface area contributed by atoms with Gasteiger partial charge in [-0.2, -0.15) is 0 Å². The summed E-state index contributed by atoms with van der Waals surface area (Å²) in [5, 5.41) is 0. The number of halogens is 1. The van der Waals surface area contributed by atoms with E-state index in [1.807, 2.05) is 6.07 Å². The summed E-state index contributed by atoms with van der Waals surface area (Å²) >= 11 is 3.40. The number of anilines is 2. The standard InChI is InChI=1S/C20H21BrN2O5S/c1-27-16-9-15(10-17(11-16)28-2)22-29(25,26)18-8-14(21)7-13-5-6-23(19(13)18)20(24)12-3-4-12/h7-12,22H,3-6H2,1-2H3. The van der Waals surface area contributed by atoms with Gasteiger partial charge >= 0.3 is 0 Å². The first-order valence-electron chi connectivity index (χ1n) is 9.22. The molecule has 0 spiro atoms. The van der Waals surface area contributed by atoms with Crippen LogP contribution in [0.3, 0.4) is 0 Å². The average Bonchev–Trinajstić information content (AvgIpc) is 3.45. The van der Waals surface area contributed by atoms with Gasteiger partial charge in [0.2, 0.25) is 5.91 Å². The monoisotopic (exact) mass is 480 g/mol. The molecule has 1 heterocycles. The molecule has 0 aromatic heterocycles. The summed E-state index contributed by atoms with van der Waals surface area (Å²) in [6.45, 7) is 0.497. The Morgan fingerprint density at radius 2 is 1.76 bits per heavy atom. The molecule has 0 radical (unpaired) electrons. The minimum atomic E-state index is -3.97. The molecule has 29 heavy (non-hydrogen) atoms. The third-order valence-corrected chi connectivity index (χ3v) is 6.93. The van der Waals surface area contributed by atoms with Crippen molar-refractivity contribution < 1.29 is 22.7 Å². The molecule has 2 aromatic rings. The highest BCUT2D eigenvalue weighted by atomic mass is 79.9. The second-order valence-electron chi connectivity index (χ2n) is 7.13. The lowest BCUT2D eigenvalue weighted by Gasteiger charge is -2.21. The SMILES string of the molecule is COc1cc(NS(=O)(=O)c2cc(Br)cc3c2N(C(=O)C2CC2)CC3)cc(OC)c1. The molecular weight excluding hydrogens is 460 g/mol. The van der Waals surface area contributed by atoms with E-state index in [0.29, 0.717) is 40.3 Å². The first-order valence-corrected chi connectivity index (χ1v) is 11.5. The van der Waals surface area contributed by atoms with Crippen molar-refractivity contribution in [2.45, 2.75) is 24.2 Å². The van der Waals surface area contributed by atoms with Gasteiger partial charge in [-0.3, -0.25) is 9.52 Å². The molecule has 4 rings (SSSR count). The highest BCUT2D eigenvalue weighted by Gasteiger charge is 2.39. The van der Waals surface area contributed by atoms with Crippen molar-refractivity contribution in [2.75, 3.05) is 30.4 Å². The van der Waals surface area contributed by atoms with Crippen LogP contribution in [0.2, 0.25) is 0 Å². The highest BCUT2D eigenvalue weighted by molar-refractivity contribution is 9.10. The molecule has 1 aliphatic heterocycles. The lowest BCUT2D eigenvalue weighted by molar-refractivity contribution is -0.119. The molecule has 0 saturated heterocycles. The van der Waals surface area contributed by atoms with E-state index in [4.69, 9.17) is 9.47 Å². The van der Waals surface area contributed by atoms with E-state index in [1.165, 1.54) is 20.3 Å². The Bertz CT molecular complexity index is 1060. The van der Waals surface area contributed by atoms with Gasteiger partial charge in [-0.1, -0.05) is 15.9 Å². The van der Waals surface area contributed by atoms with Crippen molar-refractivity contribution in [2.24, 2.45) is 5.92 Å². The van der Waals surface area contributed by atoms with Gasteiger partial charge < -0.3 is 14.4 Å². The van der Waals surface area contributed by atoms with Crippen LogP contribution in [0, 0.1) is 5.92 Å². The molecule has 1 saturated carbocycles. The van der Waals surface area contributed by atoms with Gasteiger partial charge in [0.05, 0.1) is 25.6 Å². The van der Waals surface area contributed by atoms with E-state index < -0.39 is 10.0 Å². The summed E-state index contributed by atoms with van der Waals surface area (Å²) < 4.78 is 40.3. The van der Waals surface area contributed by atoms with Crippen molar-refractivity contribution in [3.05, 3.63) is 40.4 Å². The molecule has 2 aromatic carbocycles. The zero-order valence-corrected chi connectivity index (χ0v) is 18.5. The van der Waals surface area contributed by atoms with Crippen molar-refractivity contribution in [1.82, 2.24) is 0 Å². The summed E-state index contributed by atoms with van der Waals surface area (Å²) in [6.07, 6.45) is 2.36. The van der Waals surface area contributed by atoms with Crippen molar-refractivity contribution in [1.29, 1.82) is 0 Å². The molecule has 0 unspecified atom stereocenters. The maximum absolute atomic E-state index is 13.3. The lowest BCUT2D eigenvalue weighted by Crippen LogP contribution is -2.31. The minimum absolute atomic E-state index is 0.00516. The predicted molar refractivity (Wildman–Crippen MR) is 113 cm³/mol. The van der Waals surface area contributed by atoms with E-state index in [-0.39, 0.29) is 16.7 Å². The van der Waals surface area contributed by atoms with Gasteiger partial charge in [-0.15, -0.1) is 0 Å². The number of nitrogens with zero attached hydrogens (tertiary/aromatic N) is 1. The number of carbonyl (C=O) groups excluding carboxylic acids is 1. The van der Waals surface area contributed by atoms with Crippen molar-refractivity contribution >= 4 is 43.2 Å². The molecule has 1 fully saturated rings. The van der Waals surface area contributed by atoms with Crippen LogP contribution in [0.4, 0.5) is 11.4 Å². The number of carbonyl (C=O) groups is 1. The fraction of sp³-hybridized carbons (Fsp3) is 0.350. The van der Waals surface area contributed by atoms with Crippen molar-refractivity contribution in [3.63, 3.8) is 0 Å². The smallest absolute Gasteiger partial charge is 0.264 e. The topological polar surface area (TPSA) is 84.9 Å². The molecule has 0 bridgehead atoms. The lowest BCUT2D eigenvalue weighted by atomic mass is 10.2. The molecule has 7 nitrogen and oxygen atoms in total. The molecule has 1 N–H and O–H groups in total. The van der Waals surface area contributed by atoms with E-state index in [2.05, 4.69) is 20.7 Å². The number of fused-ring (bicyclic) bond motifs is 1. The zero-order valence-electron chi connectivity index (χ0n) is 16.1. The van der Waals surface area contributed by atoms with Crippen LogP contribution in [-0.4, -0.2) is 35.1 Å². The second kappa shape index (κ2) is 7.53. The van der Waals surface area contributed by atoms with Crippen LogP contribution in [-0.2, 0) is 21.2 Å². The molecule has 1 aliphatic carbocycles. The van der Waals surface area contributed by atoms with E-state index >= 15 is 0 Å². The van der Waals surface area contributed by atoms with Crippen LogP contribution < -0.4 is 19.1 Å². The van der Waals surface area contributed by atoms with Gasteiger partial charge in [0.1, 0.15) is 16.4 Å². The summed E-state index contributed by atoms with van der Waals surface area (Å²) in [5.74, 6) is 0.945. The van der Waals surface area contributed by atoms with Gasteiger partial charge in [-0.25, -0.2) is 8.42 Å². The quantitative estimate of drug-likeness (QED) is 0.682. The predicted octanol–water partition coefficient (Wildman–Crippen LogP) is 3.57. The number of methoxy groups -OCH3 is 2. The average molecular weight is 481 g/mol. The summed E-state index contributed by atoms with van der Waals surface area (Å²) in [6, 6.07) is 8.22. The number of sulfonamides is 1. The van der Waals surface area contributed by atoms with Crippen LogP contribution in [0.5, 0.6) is 11.5 Å². The second-order valence-corrected chi connectivity index (χ2v) is 9.70. The third kappa shape index (κ3) is 3.93. The number of ether oxygens (including phenoxy) is 2. The van der Waals surface area contributed by atoms with E-state index in [0.717, 1.165) is 18.4 Å². The number of nitrogens with one attached hydrogen (secondary N) is 1. The summed E-state index contributed by atoms with van der Waals surface area (Å²) in [5.41, 5.74) is 1.64. The van der Waals surface area contributed by atoms with Gasteiger partial charge in [0, 0.05) is 35.1 Å². The van der Waals surface area contributed by atoms with Gasteiger partial charge in [0.15, 0.2) is 0 Å². The number of hydrogen-bond acceptors (Lipinski definition) is 5. The maximum atomic E-state index is 13.3. The number of benzene rings is 2. The Kier molecular flexibility index (Phi) is 5.20. The van der Waals surface area contributed by atoms with Gasteiger partial charge in [0.25, 0.3) is 10.0 Å². The Morgan fingerprint density at radius 3 is 2.34 bits per heavy atom. The van der Waals surface area contributed by atoms with Gasteiger partial charge in [-0.05, 0) is 37.0 Å². The van der Waals surface area contributed by atoms with Crippen LogP contribution in [0.1, 0.15) is 18.4 Å². The molecule has 0 atom stereocenters. The first-order chi connectivity index (χ1) is 13.8. The van der Waals surface area contributed by atoms with E-state index in [1.54, 1.807) is 23.1 Å². The summed E-state index contributed by atoms with van der Waals surface area (Å²) in [4.78, 5) is 14.4. The Balaban J connectivity index is 1.75.